The Morgan fingerprint density at radius 2 is 1.54 bits per heavy atom. The molecule has 4 nitrogen and oxygen atoms in total. The minimum Gasteiger partial charge on any atom is -0.229 e. The lowest BCUT2D eigenvalue weighted by Crippen LogP contribution is -2.15. The van der Waals surface area contributed by atoms with Crippen LogP contribution in [-0.4, -0.2) is 28.8 Å². The van der Waals surface area contributed by atoms with E-state index in [0.29, 0.717) is 34.9 Å². The van der Waals surface area contributed by atoms with Gasteiger partial charge in [-0.15, -0.1) is 0 Å². The summed E-state index contributed by atoms with van der Waals surface area (Å²) < 4.78 is 48.9. The first kappa shape index (κ1) is 21.2. The number of rotatable bonds is 8. The number of sulfone groups is 2. The number of benzene rings is 2. The minimum atomic E-state index is -3.67. The summed E-state index contributed by atoms with van der Waals surface area (Å²) in [5.41, 5.74) is 0.590. The van der Waals surface area contributed by atoms with Crippen LogP contribution >= 0.6 is 23.2 Å². The molecule has 2 aromatic carbocycles. The Morgan fingerprint density at radius 1 is 0.885 bits per heavy atom. The maximum atomic E-state index is 13.1. The number of halogens is 2. The zero-order chi connectivity index (χ0) is 19.4. The summed E-state index contributed by atoms with van der Waals surface area (Å²) in [6.07, 6.45) is 2.36. The van der Waals surface area contributed by atoms with E-state index in [1.165, 1.54) is 30.5 Å². The van der Waals surface area contributed by atoms with Crippen molar-refractivity contribution in [2.75, 3.05) is 12.0 Å². The largest absolute Gasteiger partial charge is 0.229 e. The van der Waals surface area contributed by atoms with E-state index in [9.17, 15) is 16.8 Å². The molecule has 1 atom stereocenters. The summed E-state index contributed by atoms with van der Waals surface area (Å²) >= 11 is 11.9. The number of unbranched alkanes of at least 4 members (excludes halogenated alkanes) is 1. The van der Waals surface area contributed by atoms with Gasteiger partial charge in [-0.05, 0) is 54.8 Å². The fourth-order valence-corrected chi connectivity index (χ4v) is 5.57. The van der Waals surface area contributed by atoms with Gasteiger partial charge in [-0.2, -0.15) is 0 Å². The molecule has 0 aliphatic rings. The topological polar surface area (TPSA) is 68.3 Å². The second kappa shape index (κ2) is 8.74. The van der Waals surface area contributed by atoms with Gasteiger partial charge in [-0.25, -0.2) is 16.8 Å². The standard InChI is InChI=1S/C18H20Cl2O4S2/c1-25(21,22)12-3-2-7-18(14-5-4-6-16(20)13-14)26(23,24)17-10-8-15(19)9-11-17/h4-6,8-11,13,18H,2-3,7,12H2,1H3. The molecule has 8 heteroatoms. The molecule has 0 amide bonds. The Hall–Kier alpha value is -1.08. The van der Waals surface area contributed by atoms with Crippen LogP contribution in [-0.2, 0) is 19.7 Å². The Bertz CT molecular complexity index is 953. The summed E-state index contributed by atoms with van der Waals surface area (Å²) in [5, 5.41) is 0.105. The van der Waals surface area contributed by atoms with Crippen LogP contribution in [0.3, 0.4) is 0 Å². The lowest BCUT2D eigenvalue weighted by atomic mass is 10.1. The predicted molar refractivity (Wildman–Crippen MR) is 106 cm³/mol. The van der Waals surface area contributed by atoms with Gasteiger partial charge in [0.25, 0.3) is 0 Å². The van der Waals surface area contributed by atoms with Crippen LogP contribution in [0.25, 0.3) is 0 Å². The third kappa shape index (κ3) is 5.98. The fourth-order valence-electron chi connectivity index (χ4n) is 2.69. The van der Waals surface area contributed by atoms with Gasteiger partial charge in [0.1, 0.15) is 9.84 Å². The summed E-state index contributed by atoms with van der Waals surface area (Å²) in [6, 6.07) is 12.8. The Labute approximate surface area is 165 Å². The Kier molecular flexibility index (Phi) is 7.13. The normalized spacial score (nSPS) is 13.5. The maximum absolute atomic E-state index is 13.1. The zero-order valence-corrected chi connectivity index (χ0v) is 17.4. The fraction of sp³-hybridized carbons (Fsp3) is 0.333. The lowest BCUT2D eigenvalue weighted by molar-refractivity contribution is 0.567. The van der Waals surface area contributed by atoms with Crippen LogP contribution in [0.2, 0.25) is 10.0 Å². The predicted octanol–water partition coefficient (Wildman–Crippen LogP) is 4.72. The van der Waals surface area contributed by atoms with Crippen molar-refractivity contribution in [3.05, 3.63) is 64.1 Å². The maximum Gasteiger partial charge on any atom is 0.185 e. The van der Waals surface area contributed by atoms with Crippen LogP contribution in [0.5, 0.6) is 0 Å². The van der Waals surface area contributed by atoms with Crippen molar-refractivity contribution >= 4 is 42.9 Å². The Balaban J connectivity index is 2.32. The zero-order valence-electron chi connectivity index (χ0n) is 14.2. The van der Waals surface area contributed by atoms with Crippen LogP contribution in [0, 0.1) is 0 Å². The molecule has 0 radical (unpaired) electrons. The van der Waals surface area contributed by atoms with Crippen molar-refractivity contribution < 1.29 is 16.8 Å². The smallest absolute Gasteiger partial charge is 0.185 e. The molecular weight excluding hydrogens is 415 g/mol. The van der Waals surface area contributed by atoms with Crippen molar-refractivity contribution in [2.24, 2.45) is 0 Å². The molecule has 0 saturated heterocycles. The minimum absolute atomic E-state index is 0.0380. The molecule has 0 aromatic heterocycles. The molecule has 0 aliphatic carbocycles. The quantitative estimate of drug-likeness (QED) is 0.563. The highest BCUT2D eigenvalue weighted by molar-refractivity contribution is 7.91. The highest BCUT2D eigenvalue weighted by Gasteiger charge is 2.29. The highest BCUT2D eigenvalue weighted by Crippen LogP contribution is 2.34. The first-order valence-electron chi connectivity index (χ1n) is 8.02. The third-order valence-electron chi connectivity index (χ3n) is 3.97. The monoisotopic (exact) mass is 434 g/mol. The van der Waals surface area contributed by atoms with Crippen LogP contribution < -0.4 is 0 Å². The van der Waals surface area contributed by atoms with Gasteiger partial charge in [-0.1, -0.05) is 41.8 Å². The average Bonchev–Trinajstić information content (AvgIpc) is 2.54. The van der Waals surface area contributed by atoms with E-state index in [2.05, 4.69) is 0 Å². The van der Waals surface area contributed by atoms with Gasteiger partial charge in [-0.3, -0.25) is 0 Å². The molecule has 0 bridgehead atoms. The second-order valence-electron chi connectivity index (χ2n) is 6.17. The summed E-state index contributed by atoms with van der Waals surface area (Å²) in [5.74, 6) is 0.0380. The van der Waals surface area contributed by atoms with Crippen molar-refractivity contribution in [3.63, 3.8) is 0 Å². The van der Waals surface area contributed by atoms with E-state index in [0.717, 1.165) is 0 Å². The molecule has 26 heavy (non-hydrogen) atoms. The molecule has 0 aliphatic heterocycles. The number of hydrogen-bond donors (Lipinski definition) is 0. The van der Waals surface area contributed by atoms with E-state index in [-0.39, 0.29) is 10.6 Å². The SMILES string of the molecule is CS(=O)(=O)CCCCC(c1cccc(Cl)c1)S(=O)(=O)c1ccc(Cl)cc1. The number of hydrogen-bond acceptors (Lipinski definition) is 4. The van der Waals surface area contributed by atoms with Crippen molar-refractivity contribution in [2.45, 2.75) is 29.4 Å². The van der Waals surface area contributed by atoms with Gasteiger partial charge < -0.3 is 0 Å². The van der Waals surface area contributed by atoms with E-state index in [1.807, 2.05) is 0 Å². The van der Waals surface area contributed by atoms with Gasteiger partial charge in [0, 0.05) is 22.1 Å². The Morgan fingerprint density at radius 3 is 2.12 bits per heavy atom. The summed E-state index contributed by atoms with van der Waals surface area (Å²) in [6.45, 7) is 0. The second-order valence-corrected chi connectivity index (χ2v) is 11.4. The van der Waals surface area contributed by atoms with Gasteiger partial charge in [0.2, 0.25) is 0 Å². The summed E-state index contributed by atoms with van der Waals surface area (Å²) in [4.78, 5) is 0.176. The summed E-state index contributed by atoms with van der Waals surface area (Å²) in [7, 11) is -6.74. The van der Waals surface area contributed by atoms with Gasteiger partial charge in [0.15, 0.2) is 9.84 Å². The average molecular weight is 435 g/mol. The molecule has 2 rings (SSSR count). The molecule has 1 unspecified atom stereocenters. The van der Waals surface area contributed by atoms with Crippen LogP contribution in [0.4, 0.5) is 0 Å². The van der Waals surface area contributed by atoms with E-state index in [1.54, 1.807) is 24.3 Å². The molecule has 2 aromatic rings. The van der Waals surface area contributed by atoms with Crippen molar-refractivity contribution in [1.82, 2.24) is 0 Å². The van der Waals surface area contributed by atoms with Gasteiger partial charge in [0.05, 0.1) is 10.1 Å². The van der Waals surface area contributed by atoms with E-state index < -0.39 is 24.9 Å². The highest BCUT2D eigenvalue weighted by atomic mass is 35.5. The molecule has 0 N–H and O–H groups in total. The van der Waals surface area contributed by atoms with Crippen molar-refractivity contribution in [1.29, 1.82) is 0 Å². The first-order chi connectivity index (χ1) is 12.1. The molecule has 0 saturated carbocycles. The lowest BCUT2D eigenvalue weighted by Gasteiger charge is -2.19. The molecule has 0 fully saturated rings. The molecular formula is C18H20Cl2O4S2. The van der Waals surface area contributed by atoms with Gasteiger partial charge >= 0.3 is 0 Å². The van der Waals surface area contributed by atoms with E-state index in [4.69, 9.17) is 23.2 Å². The molecule has 0 heterocycles. The van der Waals surface area contributed by atoms with E-state index >= 15 is 0 Å². The van der Waals surface area contributed by atoms with Crippen LogP contribution in [0.1, 0.15) is 30.1 Å². The van der Waals surface area contributed by atoms with Crippen molar-refractivity contribution in [3.8, 4) is 0 Å². The molecule has 142 valence electrons. The third-order valence-corrected chi connectivity index (χ3v) is 7.67. The first-order valence-corrected chi connectivity index (χ1v) is 12.4. The molecule has 0 spiro atoms. The van der Waals surface area contributed by atoms with Crippen LogP contribution in [0.15, 0.2) is 53.4 Å².